The summed E-state index contributed by atoms with van der Waals surface area (Å²) in [6, 6.07) is 2.07. The van der Waals surface area contributed by atoms with E-state index in [1.54, 1.807) is 6.07 Å². The highest BCUT2D eigenvalue weighted by atomic mass is 16.1. The second kappa shape index (κ2) is 6.00. The zero-order chi connectivity index (χ0) is 13.0. The summed E-state index contributed by atoms with van der Waals surface area (Å²) in [5, 5.41) is 3.45. The minimum absolute atomic E-state index is 0.0651. The number of H-pyrrole nitrogens is 1. The highest BCUT2D eigenvalue weighted by Crippen LogP contribution is 2.22. The molecule has 0 bridgehead atoms. The van der Waals surface area contributed by atoms with E-state index in [0.29, 0.717) is 11.9 Å². The van der Waals surface area contributed by atoms with Gasteiger partial charge in [-0.1, -0.05) is 6.92 Å². The Morgan fingerprint density at radius 2 is 2.44 bits per heavy atom. The number of hydrogen-bond acceptors (Lipinski definition) is 4. The summed E-state index contributed by atoms with van der Waals surface area (Å²) in [7, 11) is 0. The molecule has 2 N–H and O–H groups in total. The van der Waals surface area contributed by atoms with Crippen molar-refractivity contribution in [1.29, 1.82) is 0 Å². The smallest absolute Gasteiger partial charge is 0.252 e. The van der Waals surface area contributed by atoms with Gasteiger partial charge in [-0.25, -0.2) is 4.98 Å². The average molecular weight is 250 g/mol. The molecule has 0 aromatic carbocycles. The molecule has 1 saturated heterocycles. The zero-order valence-electron chi connectivity index (χ0n) is 11.2. The Balaban J connectivity index is 2.08. The maximum Gasteiger partial charge on any atom is 0.252 e. The molecule has 5 nitrogen and oxygen atoms in total. The molecule has 0 saturated carbocycles. The molecule has 1 unspecified atom stereocenters. The van der Waals surface area contributed by atoms with Crippen molar-refractivity contribution in [3.63, 3.8) is 0 Å². The summed E-state index contributed by atoms with van der Waals surface area (Å²) in [6.45, 7) is 7.01. The summed E-state index contributed by atoms with van der Waals surface area (Å²) in [5.41, 5.74) is -0.0651. The topological polar surface area (TPSA) is 61.0 Å². The van der Waals surface area contributed by atoms with Crippen LogP contribution in [0.25, 0.3) is 0 Å². The van der Waals surface area contributed by atoms with E-state index in [2.05, 4.69) is 27.1 Å². The third-order valence-electron chi connectivity index (χ3n) is 3.32. The molecule has 2 rings (SSSR count). The fourth-order valence-electron chi connectivity index (χ4n) is 2.51. The number of nitrogens with zero attached hydrogens (tertiary/aromatic N) is 2. The molecule has 1 aromatic heterocycles. The maximum atomic E-state index is 11.5. The van der Waals surface area contributed by atoms with Gasteiger partial charge in [-0.2, -0.15) is 0 Å². The standard InChI is InChI=1S/C13H22N4O/c1-3-6-14-9-11-5-4-7-17(11)12-8-13(18)16-10(2)15-12/h8,11,14H,3-7,9H2,1-2H3,(H,15,16,18). The van der Waals surface area contributed by atoms with Crippen LogP contribution in [0.3, 0.4) is 0 Å². The number of anilines is 1. The monoisotopic (exact) mass is 250 g/mol. The lowest BCUT2D eigenvalue weighted by molar-refractivity contribution is 0.568. The number of aromatic nitrogens is 2. The highest BCUT2D eigenvalue weighted by molar-refractivity contribution is 5.40. The van der Waals surface area contributed by atoms with Crippen LogP contribution in [0.5, 0.6) is 0 Å². The van der Waals surface area contributed by atoms with Crippen molar-refractivity contribution in [2.75, 3.05) is 24.5 Å². The first-order valence-electron chi connectivity index (χ1n) is 6.76. The fraction of sp³-hybridized carbons (Fsp3) is 0.692. The van der Waals surface area contributed by atoms with Crippen molar-refractivity contribution in [2.45, 2.75) is 39.2 Å². The molecule has 0 aliphatic carbocycles. The van der Waals surface area contributed by atoms with E-state index in [9.17, 15) is 4.79 Å². The zero-order valence-corrected chi connectivity index (χ0v) is 11.2. The van der Waals surface area contributed by atoms with Crippen LogP contribution in [-0.4, -0.2) is 35.6 Å². The SMILES string of the molecule is CCCNCC1CCCN1c1cc(=O)[nH]c(C)n1. The molecular formula is C13H22N4O. The quantitative estimate of drug-likeness (QED) is 0.767. The van der Waals surface area contributed by atoms with Gasteiger partial charge < -0.3 is 15.2 Å². The summed E-state index contributed by atoms with van der Waals surface area (Å²) < 4.78 is 0. The Morgan fingerprint density at radius 1 is 1.61 bits per heavy atom. The Kier molecular flexibility index (Phi) is 4.36. The molecule has 1 fully saturated rings. The molecule has 1 aliphatic heterocycles. The van der Waals surface area contributed by atoms with Crippen molar-refractivity contribution < 1.29 is 0 Å². The first-order chi connectivity index (χ1) is 8.70. The Hall–Kier alpha value is -1.36. The molecule has 0 amide bonds. The molecule has 1 aromatic rings. The van der Waals surface area contributed by atoms with E-state index in [-0.39, 0.29) is 5.56 Å². The van der Waals surface area contributed by atoms with E-state index < -0.39 is 0 Å². The van der Waals surface area contributed by atoms with Crippen molar-refractivity contribution in [3.8, 4) is 0 Å². The average Bonchev–Trinajstić information content (AvgIpc) is 2.76. The van der Waals surface area contributed by atoms with Gasteiger partial charge >= 0.3 is 0 Å². The number of hydrogen-bond donors (Lipinski definition) is 2. The van der Waals surface area contributed by atoms with Crippen LogP contribution in [0, 0.1) is 6.92 Å². The molecule has 0 spiro atoms. The predicted molar refractivity (Wildman–Crippen MR) is 73.1 cm³/mol. The van der Waals surface area contributed by atoms with E-state index in [4.69, 9.17) is 0 Å². The first kappa shape index (κ1) is 13.1. The second-order valence-corrected chi connectivity index (χ2v) is 4.88. The number of aromatic amines is 1. The minimum Gasteiger partial charge on any atom is -0.352 e. The van der Waals surface area contributed by atoms with Crippen molar-refractivity contribution >= 4 is 5.82 Å². The van der Waals surface area contributed by atoms with Crippen molar-refractivity contribution in [1.82, 2.24) is 15.3 Å². The van der Waals surface area contributed by atoms with Gasteiger partial charge in [0.25, 0.3) is 5.56 Å². The molecule has 18 heavy (non-hydrogen) atoms. The van der Waals surface area contributed by atoms with Crippen LogP contribution in [0.1, 0.15) is 32.0 Å². The minimum atomic E-state index is -0.0651. The van der Waals surface area contributed by atoms with Crippen LogP contribution in [0.4, 0.5) is 5.82 Å². The van der Waals surface area contributed by atoms with Gasteiger partial charge in [0.2, 0.25) is 0 Å². The lowest BCUT2D eigenvalue weighted by Gasteiger charge is -2.26. The molecular weight excluding hydrogens is 228 g/mol. The molecule has 0 radical (unpaired) electrons. The van der Waals surface area contributed by atoms with E-state index in [1.807, 2.05) is 6.92 Å². The van der Waals surface area contributed by atoms with Gasteiger partial charge in [0, 0.05) is 25.2 Å². The largest absolute Gasteiger partial charge is 0.352 e. The van der Waals surface area contributed by atoms with Crippen LogP contribution >= 0.6 is 0 Å². The van der Waals surface area contributed by atoms with Crippen LogP contribution in [0.2, 0.25) is 0 Å². The molecule has 100 valence electrons. The Morgan fingerprint density at radius 3 is 3.17 bits per heavy atom. The van der Waals surface area contributed by atoms with Gasteiger partial charge in [-0.15, -0.1) is 0 Å². The van der Waals surface area contributed by atoms with Crippen LogP contribution in [-0.2, 0) is 0 Å². The molecule has 1 atom stereocenters. The normalized spacial score (nSPS) is 19.4. The Labute approximate surface area is 108 Å². The second-order valence-electron chi connectivity index (χ2n) is 4.88. The number of rotatable bonds is 5. The van der Waals surface area contributed by atoms with Gasteiger partial charge in [0.1, 0.15) is 11.6 Å². The molecule has 5 heteroatoms. The van der Waals surface area contributed by atoms with Crippen molar-refractivity contribution in [3.05, 3.63) is 22.2 Å². The van der Waals surface area contributed by atoms with Gasteiger partial charge in [-0.05, 0) is 32.7 Å². The molecule has 2 heterocycles. The van der Waals surface area contributed by atoms with E-state index in [0.717, 1.165) is 31.9 Å². The summed E-state index contributed by atoms with van der Waals surface area (Å²) in [6.07, 6.45) is 3.49. The highest BCUT2D eigenvalue weighted by Gasteiger charge is 2.25. The summed E-state index contributed by atoms with van der Waals surface area (Å²) in [5.74, 6) is 1.50. The third kappa shape index (κ3) is 3.10. The number of nitrogens with one attached hydrogen (secondary N) is 2. The van der Waals surface area contributed by atoms with Gasteiger partial charge in [-0.3, -0.25) is 4.79 Å². The lowest BCUT2D eigenvalue weighted by atomic mass is 10.2. The fourth-order valence-corrected chi connectivity index (χ4v) is 2.51. The van der Waals surface area contributed by atoms with Crippen LogP contribution < -0.4 is 15.8 Å². The predicted octanol–water partition coefficient (Wildman–Crippen LogP) is 1.05. The van der Waals surface area contributed by atoms with Crippen LogP contribution in [0.15, 0.2) is 10.9 Å². The van der Waals surface area contributed by atoms with Gasteiger partial charge in [0.05, 0.1) is 0 Å². The summed E-state index contributed by atoms with van der Waals surface area (Å²) >= 11 is 0. The molecule has 1 aliphatic rings. The lowest BCUT2D eigenvalue weighted by Crippen LogP contribution is -2.39. The maximum absolute atomic E-state index is 11.5. The van der Waals surface area contributed by atoms with Crippen molar-refractivity contribution in [2.24, 2.45) is 0 Å². The Bertz CT molecular complexity index is 443. The first-order valence-corrected chi connectivity index (χ1v) is 6.76. The summed E-state index contributed by atoms with van der Waals surface area (Å²) in [4.78, 5) is 20.9. The van der Waals surface area contributed by atoms with E-state index in [1.165, 1.54) is 12.8 Å². The third-order valence-corrected chi connectivity index (χ3v) is 3.32. The van der Waals surface area contributed by atoms with Gasteiger partial charge in [0.15, 0.2) is 0 Å². The number of aryl methyl sites for hydroxylation is 1. The van der Waals surface area contributed by atoms with E-state index >= 15 is 0 Å².